The molecule has 0 atom stereocenters. The molecule has 0 heterocycles. The van der Waals surface area contributed by atoms with E-state index in [0.29, 0.717) is 11.5 Å². The summed E-state index contributed by atoms with van der Waals surface area (Å²) in [6.45, 7) is 4.47. The Morgan fingerprint density at radius 1 is 0.442 bits per heavy atom. The topological polar surface area (TPSA) is 71.1 Å². The van der Waals surface area contributed by atoms with E-state index >= 15 is 0 Å². The largest absolute Gasteiger partial charge is 0.513 e. The van der Waals surface area contributed by atoms with Crippen molar-refractivity contribution in [3.63, 3.8) is 0 Å². The van der Waals surface area contributed by atoms with Crippen LogP contribution in [0, 0.1) is 0 Å². The normalized spacial score (nSPS) is 11.4. The zero-order chi connectivity index (χ0) is 36.5. The summed E-state index contributed by atoms with van der Waals surface area (Å²) in [5.41, 5.74) is 4.55. The smallest absolute Gasteiger partial charge is 0.437 e. The molecule has 0 aromatic heterocycles. The minimum atomic E-state index is -0.761. The lowest BCUT2D eigenvalue weighted by Crippen LogP contribution is -2.09. The van der Waals surface area contributed by atoms with Crippen LogP contribution in [-0.2, 0) is 22.3 Å². The summed E-state index contributed by atoms with van der Waals surface area (Å²) in [4.78, 5) is 25.4. The minimum absolute atomic E-state index is 0.475. The van der Waals surface area contributed by atoms with Crippen molar-refractivity contribution < 1.29 is 28.5 Å². The van der Waals surface area contributed by atoms with E-state index in [2.05, 4.69) is 62.4 Å². The van der Waals surface area contributed by atoms with Crippen molar-refractivity contribution in [2.45, 2.75) is 90.9 Å². The van der Waals surface area contributed by atoms with Gasteiger partial charge in [0.25, 0.3) is 0 Å². The van der Waals surface area contributed by atoms with Gasteiger partial charge in [0.1, 0.15) is 11.5 Å². The molecule has 0 aliphatic rings. The Morgan fingerprint density at radius 3 is 1.19 bits per heavy atom. The molecule has 0 saturated carbocycles. The van der Waals surface area contributed by atoms with Crippen LogP contribution in [0.5, 0.6) is 11.5 Å². The van der Waals surface area contributed by atoms with E-state index in [1.807, 2.05) is 36.4 Å². The van der Waals surface area contributed by atoms with Crippen molar-refractivity contribution >= 4 is 55.4 Å². The van der Waals surface area contributed by atoms with Crippen molar-refractivity contribution in [1.29, 1.82) is 0 Å². The van der Waals surface area contributed by atoms with Crippen LogP contribution >= 0.6 is 0 Å². The number of rotatable bonds is 15. The fourth-order valence-corrected chi connectivity index (χ4v) is 7.56. The quantitative estimate of drug-likeness (QED) is 0.0460. The number of fused-ring (bicyclic) bond motifs is 4. The maximum absolute atomic E-state index is 12.7. The summed E-state index contributed by atoms with van der Waals surface area (Å²) < 4.78 is 21.9. The summed E-state index contributed by atoms with van der Waals surface area (Å²) in [5, 5.41) is 7.15. The van der Waals surface area contributed by atoms with Gasteiger partial charge in [0.05, 0.1) is 14.2 Å². The Hall–Kier alpha value is -5.10. The zero-order valence-corrected chi connectivity index (χ0v) is 31.0. The highest BCUT2D eigenvalue weighted by molar-refractivity contribution is 6.27. The highest BCUT2D eigenvalue weighted by atomic mass is 16.7. The van der Waals surface area contributed by atoms with Gasteiger partial charge in [0.2, 0.25) is 0 Å². The fourth-order valence-electron chi connectivity index (χ4n) is 7.56. The molecule has 270 valence electrons. The monoisotopic (exact) mass is 698 g/mol. The lowest BCUT2D eigenvalue weighted by atomic mass is 9.84. The lowest BCUT2D eigenvalue weighted by Gasteiger charge is -2.22. The fraction of sp³-hybridized carbons (Fsp3) is 0.348. The third kappa shape index (κ3) is 7.86. The number of unbranched alkanes of at least 4 members (excludes halogenated alkanes) is 8. The van der Waals surface area contributed by atoms with Gasteiger partial charge in [-0.1, -0.05) is 150 Å². The molecular formula is C46H50O6. The molecule has 52 heavy (non-hydrogen) atoms. The van der Waals surface area contributed by atoms with Crippen LogP contribution in [0.1, 0.15) is 89.2 Å². The van der Waals surface area contributed by atoms with Gasteiger partial charge in [-0.2, -0.15) is 0 Å². The summed E-state index contributed by atoms with van der Waals surface area (Å²) in [6, 6.07) is 29.2. The first-order valence-electron chi connectivity index (χ1n) is 19.0. The van der Waals surface area contributed by atoms with Crippen LogP contribution in [0.15, 0.2) is 84.9 Å². The second-order valence-electron chi connectivity index (χ2n) is 13.7. The Balaban J connectivity index is 1.68. The van der Waals surface area contributed by atoms with Crippen LogP contribution in [0.25, 0.3) is 54.2 Å². The molecule has 0 aliphatic heterocycles. The van der Waals surface area contributed by atoms with Crippen molar-refractivity contribution in [3.8, 4) is 22.6 Å². The summed E-state index contributed by atoms with van der Waals surface area (Å²) >= 11 is 0. The number of carbonyl (C=O) groups is 2. The molecule has 6 aromatic rings. The molecule has 6 nitrogen and oxygen atoms in total. The number of methoxy groups -OCH3 is 2. The van der Waals surface area contributed by atoms with Crippen molar-refractivity contribution in [1.82, 2.24) is 0 Å². The number of ether oxygens (including phenoxy) is 4. The van der Waals surface area contributed by atoms with Crippen molar-refractivity contribution in [2.75, 3.05) is 14.2 Å². The van der Waals surface area contributed by atoms with E-state index in [1.54, 1.807) is 0 Å². The molecule has 6 aromatic carbocycles. The predicted octanol–water partition coefficient (Wildman–Crippen LogP) is 13.3. The molecule has 6 heteroatoms. The Kier molecular flexibility index (Phi) is 12.3. The Bertz CT molecular complexity index is 2040. The average molecular weight is 699 g/mol. The second kappa shape index (κ2) is 17.4. The van der Waals surface area contributed by atoms with Crippen molar-refractivity contribution in [3.05, 3.63) is 96.1 Å². The molecule has 0 amide bonds. The molecule has 0 radical (unpaired) electrons. The number of carbonyl (C=O) groups excluding carboxylic acids is 2. The summed E-state index contributed by atoms with van der Waals surface area (Å²) in [7, 11) is 2.66. The summed E-state index contributed by atoms with van der Waals surface area (Å²) in [5.74, 6) is 0.949. The highest BCUT2D eigenvalue weighted by Gasteiger charge is 2.25. The lowest BCUT2D eigenvalue weighted by molar-refractivity contribution is 0.121. The van der Waals surface area contributed by atoms with Crippen LogP contribution in [0.3, 0.4) is 0 Å². The highest BCUT2D eigenvalue weighted by Crippen LogP contribution is 2.50. The standard InChI is InChI=1S/C46H50O6/c1-5-7-9-11-13-19-31-25-27-37-39(29-31)41(33-21-15-17-23-35(33)43(37)51-45(47)49-3)42-34-22-16-18-24-36(34)44(52-46(48)50-4)38-28-26-32(30-40(38)42)20-14-12-10-8-6-2/h15-18,21-30H,5-14,19-20H2,1-4H3. The van der Waals surface area contributed by atoms with Gasteiger partial charge >= 0.3 is 12.3 Å². The van der Waals surface area contributed by atoms with E-state index in [0.717, 1.165) is 79.9 Å². The van der Waals surface area contributed by atoms with Crippen LogP contribution in [0.2, 0.25) is 0 Å². The maximum atomic E-state index is 12.7. The van der Waals surface area contributed by atoms with E-state index in [9.17, 15) is 9.59 Å². The molecule has 0 N–H and O–H groups in total. The first-order valence-corrected chi connectivity index (χ1v) is 19.0. The first kappa shape index (κ1) is 36.7. The van der Waals surface area contributed by atoms with E-state index in [1.165, 1.54) is 76.7 Å². The molecular weight excluding hydrogens is 648 g/mol. The number of hydrogen-bond acceptors (Lipinski definition) is 6. The van der Waals surface area contributed by atoms with E-state index in [-0.39, 0.29) is 0 Å². The van der Waals surface area contributed by atoms with Gasteiger partial charge in [-0.05, 0) is 69.5 Å². The third-order valence-corrected chi connectivity index (χ3v) is 10.2. The maximum Gasteiger partial charge on any atom is 0.513 e. The number of hydrogen-bond donors (Lipinski definition) is 0. The molecule has 6 rings (SSSR count). The van der Waals surface area contributed by atoms with Crippen LogP contribution in [-0.4, -0.2) is 26.5 Å². The van der Waals surface area contributed by atoms with Gasteiger partial charge in [0.15, 0.2) is 0 Å². The van der Waals surface area contributed by atoms with Gasteiger partial charge in [-0.3, -0.25) is 0 Å². The first-order chi connectivity index (χ1) is 25.5. The van der Waals surface area contributed by atoms with Gasteiger partial charge in [-0.25, -0.2) is 9.59 Å². The minimum Gasteiger partial charge on any atom is -0.437 e. The van der Waals surface area contributed by atoms with Gasteiger partial charge in [-0.15, -0.1) is 0 Å². The van der Waals surface area contributed by atoms with Crippen LogP contribution < -0.4 is 9.47 Å². The SMILES string of the molecule is CCCCCCCc1ccc2c(OC(=O)OC)c3ccccc3c(-c3c4ccccc4c(OC(=O)OC)c4ccc(CCCCCCC)cc34)c2c1. The Labute approximate surface area is 307 Å². The molecule has 0 saturated heterocycles. The van der Waals surface area contributed by atoms with E-state index in [4.69, 9.17) is 18.9 Å². The molecule has 0 aliphatic carbocycles. The predicted molar refractivity (Wildman–Crippen MR) is 213 cm³/mol. The molecule has 0 unspecified atom stereocenters. The molecule has 0 fully saturated rings. The third-order valence-electron chi connectivity index (χ3n) is 10.2. The molecule has 0 spiro atoms. The number of aryl methyl sites for hydroxylation is 2. The molecule has 0 bridgehead atoms. The second-order valence-corrected chi connectivity index (χ2v) is 13.7. The summed E-state index contributed by atoms with van der Waals surface area (Å²) in [6.07, 6.45) is 12.3. The van der Waals surface area contributed by atoms with Gasteiger partial charge in [0, 0.05) is 21.5 Å². The van der Waals surface area contributed by atoms with Gasteiger partial charge < -0.3 is 18.9 Å². The number of benzene rings is 6. The van der Waals surface area contributed by atoms with E-state index < -0.39 is 12.3 Å². The van der Waals surface area contributed by atoms with Crippen LogP contribution in [0.4, 0.5) is 9.59 Å². The Morgan fingerprint density at radius 2 is 0.808 bits per heavy atom. The average Bonchev–Trinajstić information content (AvgIpc) is 3.18. The van der Waals surface area contributed by atoms with Crippen molar-refractivity contribution in [2.24, 2.45) is 0 Å². The zero-order valence-electron chi connectivity index (χ0n) is 31.0.